The number of benzene rings is 1. The number of terminal acetylenes is 1. The molecule has 0 aromatic heterocycles. The first-order valence-electron chi connectivity index (χ1n) is 5.96. The smallest absolute Gasteiger partial charge is 0.191 e. The number of nitrogens with zero attached hydrogens (tertiary/aromatic N) is 1. The van der Waals surface area contributed by atoms with Crippen molar-refractivity contribution in [3.8, 4) is 18.1 Å². The lowest BCUT2D eigenvalue weighted by atomic mass is 10.3. The second kappa shape index (κ2) is 7.98. The summed E-state index contributed by atoms with van der Waals surface area (Å²) in [6.45, 7) is 2.72. The summed E-state index contributed by atoms with van der Waals surface area (Å²) in [7, 11) is 1.65. The van der Waals surface area contributed by atoms with Gasteiger partial charge in [-0.1, -0.05) is 18.1 Å². The van der Waals surface area contributed by atoms with E-state index in [-0.39, 0.29) is 17.7 Å². The van der Waals surface area contributed by atoms with Crippen LogP contribution in [-0.2, 0) is 0 Å². The Morgan fingerprint density at radius 1 is 1.47 bits per heavy atom. The molecule has 0 aliphatic carbocycles. The highest BCUT2D eigenvalue weighted by Crippen LogP contribution is 2.16. The van der Waals surface area contributed by atoms with Crippen LogP contribution in [0.2, 0.25) is 0 Å². The molecule has 1 aromatic rings. The normalized spacial score (nSPS) is 12.4. The molecular weight excluding hydrogens is 245 g/mol. The minimum atomic E-state index is -0.371. The standard InChI is InChI=1S/C14H18FN3O/c1-4-9-17-14(16-3)18-10-11(2)19-13-8-6-5-7-12(13)15/h1,5-8,11H,9-10H2,2-3H3,(H2,16,17,18). The Bertz CT molecular complexity index is 468. The van der Waals surface area contributed by atoms with Gasteiger partial charge in [0.15, 0.2) is 17.5 Å². The van der Waals surface area contributed by atoms with Gasteiger partial charge in [0.1, 0.15) is 6.10 Å². The second-order valence-corrected chi connectivity index (χ2v) is 3.87. The predicted octanol–water partition coefficient (Wildman–Crippen LogP) is 1.39. The Morgan fingerprint density at radius 2 is 2.21 bits per heavy atom. The minimum absolute atomic E-state index is 0.207. The number of rotatable bonds is 5. The summed E-state index contributed by atoms with van der Waals surface area (Å²) in [5.74, 6) is 2.91. The van der Waals surface area contributed by atoms with Gasteiger partial charge in [-0.05, 0) is 19.1 Å². The predicted molar refractivity (Wildman–Crippen MR) is 74.7 cm³/mol. The fraction of sp³-hybridized carbons (Fsp3) is 0.357. The molecule has 0 aliphatic rings. The molecule has 4 nitrogen and oxygen atoms in total. The van der Waals surface area contributed by atoms with Gasteiger partial charge in [0, 0.05) is 7.05 Å². The lowest BCUT2D eigenvalue weighted by Crippen LogP contribution is -2.41. The molecule has 0 radical (unpaired) electrons. The van der Waals surface area contributed by atoms with E-state index in [1.165, 1.54) is 6.07 Å². The molecular formula is C14H18FN3O. The van der Waals surface area contributed by atoms with Crippen molar-refractivity contribution in [1.29, 1.82) is 0 Å². The van der Waals surface area contributed by atoms with Crippen LogP contribution in [0.25, 0.3) is 0 Å². The summed E-state index contributed by atoms with van der Waals surface area (Å²) in [4.78, 5) is 3.99. The van der Waals surface area contributed by atoms with Gasteiger partial charge in [-0.25, -0.2) is 4.39 Å². The molecule has 0 amide bonds. The Hall–Kier alpha value is -2.22. The molecule has 5 heteroatoms. The van der Waals surface area contributed by atoms with Crippen LogP contribution in [0, 0.1) is 18.2 Å². The Labute approximate surface area is 113 Å². The van der Waals surface area contributed by atoms with Crippen molar-refractivity contribution < 1.29 is 9.13 Å². The van der Waals surface area contributed by atoms with E-state index in [4.69, 9.17) is 11.2 Å². The zero-order valence-electron chi connectivity index (χ0n) is 11.1. The molecule has 1 rings (SSSR count). The van der Waals surface area contributed by atoms with E-state index in [1.807, 2.05) is 6.92 Å². The number of para-hydroxylation sites is 1. The lowest BCUT2D eigenvalue weighted by molar-refractivity contribution is 0.214. The topological polar surface area (TPSA) is 45.7 Å². The van der Waals surface area contributed by atoms with Crippen LogP contribution < -0.4 is 15.4 Å². The fourth-order valence-corrected chi connectivity index (χ4v) is 1.39. The Kier molecular flexibility index (Phi) is 6.23. The number of ether oxygens (including phenoxy) is 1. The molecule has 1 aromatic carbocycles. The molecule has 0 heterocycles. The van der Waals surface area contributed by atoms with Crippen LogP contribution in [0.4, 0.5) is 4.39 Å². The molecule has 19 heavy (non-hydrogen) atoms. The van der Waals surface area contributed by atoms with Crippen molar-refractivity contribution in [3.63, 3.8) is 0 Å². The van der Waals surface area contributed by atoms with Gasteiger partial charge in [0.05, 0.1) is 13.1 Å². The van der Waals surface area contributed by atoms with Crippen LogP contribution in [0.15, 0.2) is 29.3 Å². The van der Waals surface area contributed by atoms with Crippen molar-refractivity contribution in [3.05, 3.63) is 30.1 Å². The molecule has 0 bridgehead atoms. The summed E-state index contributed by atoms with van der Waals surface area (Å²) >= 11 is 0. The molecule has 0 saturated carbocycles. The third-order valence-corrected chi connectivity index (χ3v) is 2.30. The van der Waals surface area contributed by atoms with Gasteiger partial charge >= 0.3 is 0 Å². The first-order valence-corrected chi connectivity index (χ1v) is 5.96. The van der Waals surface area contributed by atoms with Crippen LogP contribution in [0.5, 0.6) is 5.75 Å². The summed E-state index contributed by atoms with van der Waals surface area (Å²) in [6.07, 6.45) is 4.94. The van der Waals surface area contributed by atoms with Gasteiger partial charge < -0.3 is 15.4 Å². The van der Waals surface area contributed by atoms with Crippen molar-refractivity contribution >= 4 is 5.96 Å². The molecule has 0 aliphatic heterocycles. The largest absolute Gasteiger partial charge is 0.486 e. The van der Waals surface area contributed by atoms with Gasteiger partial charge in [0.25, 0.3) is 0 Å². The minimum Gasteiger partial charge on any atom is -0.486 e. The first-order chi connectivity index (χ1) is 9.17. The third-order valence-electron chi connectivity index (χ3n) is 2.30. The van der Waals surface area contributed by atoms with Crippen molar-refractivity contribution in [2.45, 2.75) is 13.0 Å². The third kappa shape index (κ3) is 5.30. The van der Waals surface area contributed by atoms with Crippen molar-refractivity contribution in [2.24, 2.45) is 4.99 Å². The van der Waals surface area contributed by atoms with E-state index in [9.17, 15) is 4.39 Å². The molecule has 102 valence electrons. The van der Waals surface area contributed by atoms with Gasteiger partial charge in [-0.3, -0.25) is 4.99 Å². The number of nitrogens with one attached hydrogen (secondary N) is 2. The fourth-order valence-electron chi connectivity index (χ4n) is 1.39. The average molecular weight is 263 g/mol. The highest BCUT2D eigenvalue weighted by atomic mass is 19.1. The van der Waals surface area contributed by atoms with E-state index >= 15 is 0 Å². The van der Waals surface area contributed by atoms with Crippen LogP contribution >= 0.6 is 0 Å². The molecule has 2 N–H and O–H groups in total. The van der Waals surface area contributed by atoms with Gasteiger partial charge in [-0.2, -0.15) is 0 Å². The number of aliphatic imine (C=N–C) groups is 1. The first kappa shape index (κ1) is 14.8. The summed E-state index contributed by atoms with van der Waals surface area (Å²) in [6, 6.07) is 6.31. The summed E-state index contributed by atoms with van der Waals surface area (Å²) in [5.41, 5.74) is 0. The lowest BCUT2D eigenvalue weighted by Gasteiger charge is -2.17. The highest BCUT2D eigenvalue weighted by molar-refractivity contribution is 5.79. The Balaban J connectivity index is 2.42. The maximum atomic E-state index is 13.4. The van der Waals surface area contributed by atoms with E-state index in [0.717, 1.165) is 0 Å². The zero-order valence-corrected chi connectivity index (χ0v) is 11.1. The van der Waals surface area contributed by atoms with Crippen molar-refractivity contribution in [1.82, 2.24) is 10.6 Å². The quantitative estimate of drug-likeness (QED) is 0.479. The molecule has 1 atom stereocenters. The number of halogens is 1. The summed E-state index contributed by atoms with van der Waals surface area (Å²) in [5, 5.41) is 5.96. The maximum absolute atomic E-state index is 13.4. The van der Waals surface area contributed by atoms with E-state index < -0.39 is 0 Å². The van der Waals surface area contributed by atoms with E-state index in [0.29, 0.717) is 19.0 Å². The average Bonchev–Trinajstić information content (AvgIpc) is 2.41. The second-order valence-electron chi connectivity index (χ2n) is 3.87. The monoisotopic (exact) mass is 263 g/mol. The molecule has 0 spiro atoms. The van der Waals surface area contributed by atoms with Gasteiger partial charge in [0.2, 0.25) is 0 Å². The molecule has 1 unspecified atom stereocenters. The Morgan fingerprint density at radius 3 is 2.84 bits per heavy atom. The van der Waals surface area contributed by atoms with Crippen LogP contribution in [0.1, 0.15) is 6.92 Å². The van der Waals surface area contributed by atoms with Crippen LogP contribution in [-0.4, -0.2) is 32.2 Å². The zero-order chi connectivity index (χ0) is 14.1. The van der Waals surface area contributed by atoms with Crippen LogP contribution in [0.3, 0.4) is 0 Å². The number of guanidine groups is 1. The van der Waals surface area contributed by atoms with Gasteiger partial charge in [-0.15, -0.1) is 6.42 Å². The van der Waals surface area contributed by atoms with E-state index in [1.54, 1.807) is 25.2 Å². The summed E-state index contributed by atoms with van der Waals surface area (Å²) < 4.78 is 18.9. The maximum Gasteiger partial charge on any atom is 0.191 e. The molecule has 0 saturated heterocycles. The SMILES string of the molecule is C#CCNC(=NC)NCC(C)Oc1ccccc1F. The number of hydrogen-bond donors (Lipinski definition) is 2. The highest BCUT2D eigenvalue weighted by Gasteiger charge is 2.08. The van der Waals surface area contributed by atoms with Crippen molar-refractivity contribution in [2.75, 3.05) is 20.1 Å². The number of hydrogen-bond acceptors (Lipinski definition) is 2. The van der Waals surface area contributed by atoms with E-state index in [2.05, 4.69) is 21.5 Å². The molecule has 0 fully saturated rings.